The summed E-state index contributed by atoms with van der Waals surface area (Å²) in [6.45, 7) is 1.47. The number of pyridine rings is 1. The van der Waals surface area contributed by atoms with E-state index >= 15 is 0 Å². The molecule has 0 spiro atoms. The average Bonchev–Trinajstić information content (AvgIpc) is 2.80. The zero-order valence-corrected chi connectivity index (χ0v) is 11.4. The second-order valence-corrected chi connectivity index (χ2v) is 4.83. The van der Waals surface area contributed by atoms with Gasteiger partial charge in [-0.25, -0.2) is 9.37 Å². The Morgan fingerprint density at radius 3 is 2.60 bits per heavy atom. The van der Waals surface area contributed by atoms with Gasteiger partial charge in [0.25, 0.3) is 0 Å². The number of Topliss-reactive ketones (excluding diaryl/α,β-unsaturated/α-hetero) is 1. The van der Waals surface area contributed by atoms with E-state index in [9.17, 15) is 9.18 Å². The number of fused-ring (bicyclic) bond motifs is 1. The largest absolute Gasteiger partial charge is 0.295 e. The molecule has 1 aromatic carbocycles. The number of halogens is 2. The third-order valence-electron chi connectivity index (χ3n) is 3.05. The monoisotopic (exact) mass is 288 g/mol. The fourth-order valence-electron chi connectivity index (χ4n) is 2.18. The lowest BCUT2D eigenvalue weighted by Crippen LogP contribution is -2.00. The summed E-state index contributed by atoms with van der Waals surface area (Å²) >= 11 is 6.11. The first-order chi connectivity index (χ1) is 9.58. The van der Waals surface area contributed by atoms with Crippen molar-refractivity contribution in [3.8, 4) is 11.3 Å². The van der Waals surface area contributed by atoms with E-state index < -0.39 is 0 Å². The number of nitrogens with zero attached hydrogens (tertiary/aromatic N) is 2. The maximum Gasteiger partial charge on any atom is 0.178 e. The Hall–Kier alpha value is -2.20. The van der Waals surface area contributed by atoms with Gasteiger partial charge in [-0.3, -0.25) is 9.20 Å². The van der Waals surface area contributed by atoms with Crippen molar-refractivity contribution in [2.45, 2.75) is 6.92 Å². The van der Waals surface area contributed by atoms with Crippen molar-refractivity contribution in [2.24, 2.45) is 0 Å². The fraction of sp³-hybridized carbons (Fsp3) is 0.0667. The van der Waals surface area contributed by atoms with Gasteiger partial charge in [-0.05, 0) is 36.4 Å². The van der Waals surface area contributed by atoms with Crippen LogP contribution in [0, 0.1) is 5.82 Å². The molecule has 5 heteroatoms. The zero-order valence-electron chi connectivity index (χ0n) is 10.6. The molecule has 20 heavy (non-hydrogen) atoms. The molecule has 100 valence electrons. The number of carbonyl (C=O) groups is 1. The molecule has 0 aliphatic heterocycles. The molecule has 3 nitrogen and oxygen atoms in total. The molecule has 0 saturated carbocycles. The summed E-state index contributed by atoms with van der Waals surface area (Å²) in [5.41, 5.74) is 2.13. The van der Waals surface area contributed by atoms with Crippen LogP contribution in [0.4, 0.5) is 4.39 Å². The lowest BCUT2D eigenvalue weighted by atomic mass is 10.1. The Morgan fingerprint density at radius 1 is 1.25 bits per heavy atom. The summed E-state index contributed by atoms with van der Waals surface area (Å²) in [4.78, 5) is 16.3. The van der Waals surface area contributed by atoms with Crippen LogP contribution in [-0.2, 0) is 0 Å². The number of ketones is 1. The summed E-state index contributed by atoms with van der Waals surface area (Å²) in [7, 11) is 0. The molecule has 0 unspecified atom stereocenters. The molecule has 0 atom stereocenters. The molecule has 0 bridgehead atoms. The first kappa shape index (κ1) is 12.8. The first-order valence-corrected chi connectivity index (χ1v) is 6.39. The molecule has 0 amide bonds. The van der Waals surface area contributed by atoms with Gasteiger partial charge in [0.05, 0.1) is 5.02 Å². The Bertz CT molecular complexity index is 809. The van der Waals surface area contributed by atoms with Gasteiger partial charge in [0.2, 0.25) is 0 Å². The maximum absolute atomic E-state index is 13.0. The third-order valence-corrected chi connectivity index (χ3v) is 3.35. The number of hydrogen-bond donors (Lipinski definition) is 0. The topological polar surface area (TPSA) is 34.4 Å². The van der Waals surface area contributed by atoms with E-state index in [0.29, 0.717) is 27.6 Å². The predicted molar refractivity (Wildman–Crippen MR) is 75.6 cm³/mol. The van der Waals surface area contributed by atoms with Crippen LogP contribution in [0.1, 0.15) is 17.4 Å². The van der Waals surface area contributed by atoms with Crippen LogP contribution in [0.15, 0.2) is 42.6 Å². The van der Waals surface area contributed by atoms with Crippen molar-refractivity contribution < 1.29 is 9.18 Å². The van der Waals surface area contributed by atoms with Crippen LogP contribution in [0.5, 0.6) is 0 Å². The number of benzene rings is 1. The van der Waals surface area contributed by atoms with Gasteiger partial charge in [-0.1, -0.05) is 11.6 Å². The highest BCUT2D eigenvalue weighted by Crippen LogP contribution is 2.28. The van der Waals surface area contributed by atoms with E-state index in [0.717, 1.165) is 0 Å². The van der Waals surface area contributed by atoms with E-state index in [1.807, 2.05) is 0 Å². The molecule has 0 aliphatic rings. The highest BCUT2D eigenvalue weighted by atomic mass is 35.5. The van der Waals surface area contributed by atoms with Gasteiger partial charge in [0.1, 0.15) is 17.2 Å². The SMILES string of the molecule is CC(=O)c1c(-c2ccc(F)cc2)nc2c(Cl)cccn12. The second-order valence-electron chi connectivity index (χ2n) is 4.42. The molecule has 3 aromatic rings. The van der Waals surface area contributed by atoms with Crippen LogP contribution in [-0.4, -0.2) is 15.2 Å². The number of hydrogen-bond acceptors (Lipinski definition) is 2. The molecular weight excluding hydrogens is 279 g/mol. The molecule has 0 fully saturated rings. The number of rotatable bonds is 2. The Labute approximate surface area is 119 Å². The van der Waals surface area contributed by atoms with Gasteiger partial charge in [-0.15, -0.1) is 0 Å². The molecule has 0 radical (unpaired) electrons. The summed E-state index contributed by atoms with van der Waals surface area (Å²) in [5.74, 6) is -0.459. The smallest absolute Gasteiger partial charge is 0.178 e. The van der Waals surface area contributed by atoms with E-state index in [1.165, 1.54) is 19.1 Å². The van der Waals surface area contributed by atoms with Crippen molar-refractivity contribution >= 4 is 23.0 Å². The van der Waals surface area contributed by atoms with Gasteiger partial charge >= 0.3 is 0 Å². The molecule has 3 rings (SSSR count). The summed E-state index contributed by atoms with van der Waals surface area (Å²) in [5, 5.41) is 0.461. The summed E-state index contributed by atoms with van der Waals surface area (Å²) < 4.78 is 14.7. The molecular formula is C15H10ClFN2O. The van der Waals surface area contributed by atoms with Crippen LogP contribution >= 0.6 is 11.6 Å². The number of imidazole rings is 1. The van der Waals surface area contributed by atoms with Gasteiger partial charge < -0.3 is 0 Å². The number of aromatic nitrogens is 2. The Balaban J connectivity index is 2.35. The summed E-state index contributed by atoms with van der Waals surface area (Å²) in [6, 6.07) is 9.32. The normalized spacial score (nSPS) is 10.9. The van der Waals surface area contributed by atoms with E-state index in [1.54, 1.807) is 34.9 Å². The van der Waals surface area contributed by atoms with Crippen molar-refractivity contribution in [1.82, 2.24) is 9.38 Å². The molecule has 0 saturated heterocycles. The van der Waals surface area contributed by atoms with Crippen molar-refractivity contribution in [2.75, 3.05) is 0 Å². The van der Waals surface area contributed by atoms with Crippen molar-refractivity contribution in [3.63, 3.8) is 0 Å². The highest BCUT2D eigenvalue weighted by Gasteiger charge is 2.18. The van der Waals surface area contributed by atoms with Gasteiger partial charge in [0.15, 0.2) is 11.4 Å². The molecule has 2 heterocycles. The van der Waals surface area contributed by atoms with Crippen LogP contribution in [0.3, 0.4) is 0 Å². The maximum atomic E-state index is 13.0. The van der Waals surface area contributed by atoms with Crippen molar-refractivity contribution in [3.05, 3.63) is 59.1 Å². The second kappa shape index (κ2) is 4.72. The summed E-state index contributed by atoms with van der Waals surface area (Å²) in [6.07, 6.45) is 1.73. The third kappa shape index (κ3) is 1.98. The lowest BCUT2D eigenvalue weighted by molar-refractivity contribution is 0.101. The first-order valence-electron chi connectivity index (χ1n) is 6.01. The molecule has 2 aromatic heterocycles. The van der Waals surface area contributed by atoms with Crippen LogP contribution in [0.25, 0.3) is 16.9 Å². The fourth-order valence-corrected chi connectivity index (χ4v) is 2.39. The zero-order chi connectivity index (χ0) is 14.3. The minimum atomic E-state index is -0.333. The van der Waals surface area contributed by atoms with E-state index in [-0.39, 0.29) is 11.6 Å². The standard InChI is InChI=1S/C15H10ClFN2O/c1-9(20)14-13(10-4-6-11(17)7-5-10)18-15-12(16)3-2-8-19(14)15/h2-8H,1H3. The lowest BCUT2D eigenvalue weighted by Gasteiger charge is -2.01. The van der Waals surface area contributed by atoms with Gasteiger partial charge in [0, 0.05) is 18.7 Å². The quantitative estimate of drug-likeness (QED) is 0.668. The molecule has 0 aliphatic carbocycles. The highest BCUT2D eigenvalue weighted by molar-refractivity contribution is 6.33. The van der Waals surface area contributed by atoms with E-state index in [4.69, 9.17) is 11.6 Å². The number of carbonyl (C=O) groups excluding carboxylic acids is 1. The minimum Gasteiger partial charge on any atom is -0.295 e. The van der Waals surface area contributed by atoms with Crippen LogP contribution < -0.4 is 0 Å². The van der Waals surface area contributed by atoms with Crippen LogP contribution in [0.2, 0.25) is 5.02 Å². The average molecular weight is 289 g/mol. The Morgan fingerprint density at radius 2 is 1.95 bits per heavy atom. The van der Waals surface area contributed by atoms with E-state index in [2.05, 4.69) is 4.98 Å². The Kier molecular flexibility index (Phi) is 3.03. The predicted octanol–water partition coefficient (Wildman–Crippen LogP) is 4.00. The molecule has 0 N–H and O–H groups in total. The van der Waals surface area contributed by atoms with Gasteiger partial charge in [-0.2, -0.15) is 0 Å². The van der Waals surface area contributed by atoms with Crippen molar-refractivity contribution in [1.29, 1.82) is 0 Å². The minimum absolute atomic E-state index is 0.126.